The number of aromatic nitrogens is 2. The number of H-pyrrole nitrogens is 1. The fourth-order valence-electron chi connectivity index (χ4n) is 2.87. The number of fused-ring (bicyclic) bond motifs is 1. The molecule has 0 saturated carbocycles. The van der Waals surface area contributed by atoms with Crippen molar-refractivity contribution in [1.82, 2.24) is 9.97 Å². The third-order valence-electron chi connectivity index (χ3n) is 4.20. The lowest BCUT2D eigenvalue weighted by Gasteiger charge is -2.16. The van der Waals surface area contributed by atoms with Crippen LogP contribution in [0.5, 0.6) is 0 Å². The van der Waals surface area contributed by atoms with E-state index in [1.807, 2.05) is 0 Å². The van der Waals surface area contributed by atoms with Crippen molar-refractivity contribution < 1.29 is 33.2 Å². The lowest BCUT2D eigenvalue weighted by atomic mass is 10.0. The molecule has 1 saturated heterocycles. The van der Waals surface area contributed by atoms with Gasteiger partial charge in [0.05, 0.1) is 6.61 Å². The van der Waals surface area contributed by atoms with Gasteiger partial charge in [-0.15, -0.1) is 0 Å². The fraction of sp³-hybridized carbons (Fsp3) is 0.467. The van der Waals surface area contributed by atoms with Crippen LogP contribution in [-0.2, 0) is 10.9 Å². The fourth-order valence-corrected chi connectivity index (χ4v) is 2.87. The van der Waals surface area contributed by atoms with Crippen molar-refractivity contribution in [3.8, 4) is 0 Å². The Kier molecular flexibility index (Phi) is 4.31. The summed E-state index contributed by atoms with van der Waals surface area (Å²) in [4.78, 5) is 17.9. The second kappa shape index (κ2) is 6.06. The van der Waals surface area contributed by atoms with Gasteiger partial charge in [0.1, 0.15) is 35.8 Å². The minimum Gasteiger partial charge on any atom is -0.394 e. The zero-order valence-electron chi connectivity index (χ0n) is 12.9. The van der Waals surface area contributed by atoms with Gasteiger partial charge in [-0.05, 0) is 24.6 Å². The average molecular weight is 360 g/mol. The first kappa shape index (κ1) is 17.8. The van der Waals surface area contributed by atoms with Gasteiger partial charge in [-0.25, -0.2) is 4.98 Å². The van der Waals surface area contributed by atoms with Gasteiger partial charge in [-0.2, -0.15) is 13.2 Å². The van der Waals surface area contributed by atoms with Gasteiger partial charge in [-0.1, -0.05) is 0 Å². The number of aliphatic hydroxyl groups is 3. The number of nitrogens with one attached hydrogen (secondary N) is 1. The first-order valence-electron chi connectivity index (χ1n) is 7.37. The van der Waals surface area contributed by atoms with Gasteiger partial charge in [0, 0.05) is 10.9 Å². The smallest absolute Gasteiger partial charge is 0.394 e. The molecule has 2 aromatic heterocycles. The van der Waals surface area contributed by atoms with Crippen LogP contribution in [0.15, 0.2) is 16.9 Å². The summed E-state index contributed by atoms with van der Waals surface area (Å²) in [6.45, 7) is 0.869. The van der Waals surface area contributed by atoms with Crippen molar-refractivity contribution in [2.24, 2.45) is 0 Å². The molecule has 3 heterocycles. The van der Waals surface area contributed by atoms with E-state index in [1.165, 1.54) is 13.0 Å². The van der Waals surface area contributed by atoms with E-state index in [-0.39, 0.29) is 22.2 Å². The maximum Gasteiger partial charge on any atom is 0.433 e. The van der Waals surface area contributed by atoms with Crippen LogP contribution in [0.1, 0.15) is 22.9 Å². The van der Waals surface area contributed by atoms with Crippen molar-refractivity contribution >= 4 is 11.0 Å². The number of halogens is 3. The Hall–Kier alpha value is -2.01. The molecule has 25 heavy (non-hydrogen) atoms. The molecular weight excluding hydrogens is 345 g/mol. The number of aliphatic hydroxyl groups excluding tert-OH is 3. The van der Waals surface area contributed by atoms with Crippen LogP contribution in [0.3, 0.4) is 0 Å². The molecule has 7 nitrogen and oxygen atoms in total. The van der Waals surface area contributed by atoms with Gasteiger partial charge in [0.2, 0.25) is 0 Å². The quantitative estimate of drug-likeness (QED) is 0.616. The molecule has 2 unspecified atom stereocenters. The SMILES string of the molecule is Cc1cc(C(F)(F)F)nc2[nH]c(=O)c([C@@H]3O[C@H](CO)C(O)C3O)cc12. The van der Waals surface area contributed by atoms with Gasteiger partial charge < -0.3 is 25.0 Å². The highest BCUT2D eigenvalue weighted by Crippen LogP contribution is 2.34. The molecule has 0 spiro atoms. The lowest BCUT2D eigenvalue weighted by Crippen LogP contribution is -2.33. The van der Waals surface area contributed by atoms with Crippen molar-refractivity contribution in [3.05, 3.63) is 39.3 Å². The molecule has 1 aliphatic rings. The number of rotatable bonds is 2. The summed E-state index contributed by atoms with van der Waals surface area (Å²) in [5.41, 5.74) is -2.02. The molecule has 3 rings (SSSR count). The molecule has 136 valence electrons. The number of hydrogen-bond donors (Lipinski definition) is 4. The summed E-state index contributed by atoms with van der Waals surface area (Å²) >= 11 is 0. The first-order chi connectivity index (χ1) is 11.6. The van der Waals surface area contributed by atoms with Gasteiger partial charge in [-0.3, -0.25) is 4.79 Å². The number of aryl methyl sites for hydroxylation is 1. The van der Waals surface area contributed by atoms with Gasteiger partial charge in [0.25, 0.3) is 5.56 Å². The molecule has 4 N–H and O–H groups in total. The number of nitrogens with zero attached hydrogens (tertiary/aromatic N) is 1. The van der Waals surface area contributed by atoms with Crippen LogP contribution in [0.2, 0.25) is 0 Å². The van der Waals surface area contributed by atoms with E-state index in [1.54, 1.807) is 0 Å². The predicted octanol–water partition coefficient (Wildman–Crippen LogP) is 0.404. The van der Waals surface area contributed by atoms with Crippen molar-refractivity contribution in [1.29, 1.82) is 0 Å². The number of ether oxygens (including phenoxy) is 1. The second-order valence-corrected chi connectivity index (χ2v) is 5.90. The van der Waals surface area contributed by atoms with E-state index in [4.69, 9.17) is 9.84 Å². The summed E-state index contributed by atoms with van der Waals surface area (Å²) < 4.78 is 43.8. The van der Waals surface area contributed by atoms with Gasteiger partial charge >= 0.3 is 6.18 Å². The summed E-state index contributed by atoms with van der Waals surface area (Å²) in [6, 6.07) is 2.12. The Bertz CT molecular complexity index is 867. The molecule has 1 fully saturated rings. The topological polar surface area (TPSA) is 116 Å². The molecule has 10 heteroatoms. The van der Waals surface area contributed by atoms with Crippen LogP contribution in [0.4, 0.5) is 13.2 Å². The van der Waals surface area contributed by atoms with Crippen molar-refractivity contribution in [2.75, 3.05) is 6.61 Å². The molecule has 0 aromatic carbocycles. The minimum absolute atomic E-state index is 0.0698. The maximum atomic E-state index is 12.8. The van der Waals surface area contributed by atoms with Gasteiger partial charge in [0.15, 0.2) is 0 Å². The highest BCUT2D eigenvalue weighted by Gasteiger charge is 2.44. The van der Waals surface area contributed by atoms with Crippen LogP contribution in [0, 0.1) is 6.92 Å². The Morgan fingerprint density at radius 2 is 1.96 bits per heavy atom. The second-order valence-electron chi connectivity index (χ2n) is 5.90. The molecule has 1 aliphatic heterocycles. The highest BCUT2D eigenvalue weighted by molar-refractivity contribution is 5.79. The molecule has 0 amide bonds. The van der Waals surface area contributed by atoms with Crippen molar-refractivity contribution in [3.63, 3.8) is 0 Å². The summed E-state index contributed by atoms with van der Waals surface area (Å²) in [7, 11) is 0. The van der Waals surface area contributed by atoms with Crippen molar-refractivity contribution in [2.45, 2.75) is 37.5 Å². The predicted molar refractivity (Wildman–Crippen MR) is 78.8 cm³/mol. The molecular formula is C15H15F3N2O5. The lowest BCUT2D eigenvalue weighted by molar-refractivity contribution is -0.141. The Morgan fingerprint density at radius 3 is 2.52 bits per heavy atom. The van der Waals surface area contributed by atoms with E-state index in [0.717, 1.165) is 6.07 Å². The van der Waals surface area contributed by atoms with E-state index >= 15 is 0 Å². The number of aromatic amines is 1. The third-order valence-corrected chi connectivity index (χ3v) is 4.20. The molecule has 0 aliphatic carbocycles. The Morgan fingerprint density at radius 1 is 1.28 bits per heavy atom. The van der Waals surface area contributed by atoms with E-state index in [2.05, 4.69) is 9.97 Å². The summed E-state index contributed by atoms with van der Waals surface area (Å²) in [6.07, 6.45) is -9.79. The Balaban J connectivity index is 2.12. The number of pyridine rings is 2. The first-order valence-corrected chi connectivity index (χ1v) is 7.37. The summed E-state index contributed by atoms with van der Waals surface area (Å²) in [5, 5.41) is 29.2. The Labute approximate surface area is 138 Å². The largest absolute Gasteiger partial charge is 0.433 e. The van der Waals surface area contributed by atoms with E-state index < -0.39 is 48.5 Å². The zero-order chi connectivity index (χ0) is 18.5. The molecule has 4 atom stereocenters. The molecule has 0 radical (unpaired) electrons. The summed E-state index contributed by atoms with van der Waals surface area (Å²) in [5.74, 6) is 0. The zero-order valence-corrected chi connectivity index (χ0v) is 12.9. The number of alkyl halides is 3. The number of hydrogen-bond acceptors (Lipinski definition) is 6. The molecule has 2 aromatic rings. The highest BCUT2D eigenvalue weighted by atomic mass is 19.4. The van der Waals surface area contributed by atoms with E-state index in [9.17, 15) is 28.2 Å². The van der Waals surface area contributed by atoms with Crippen LogP contribution in [-0.4, -0.2) is 50.2 Å². The monoisotopic (exact) mass is 360 g/mol. The van der Waals surface area contributed by atoms with Crippen LogP contribution in [0.25, 0.3) is 11.0 Å². The molecule has 0 bridgehead atoms. The third kappa shape index (κ3) is 3.01. The standard InChI is InChI=1S/C15H15F3N2O5/c1-5-2-9(15(16,17)18)19-13-6(5)3-7(14(24)20-13)12-11(23)10(22)8(4-21)25-12/h2-3,8,10-12,21-23H,4H2,1H3,(H,19,20,24)/t8-,10?,11?,12+/m1/s1. The maximum absolute atomic E-state index is 12.8. The average Bonchev–Trinajstić information content (AvgIpc) is 2.81. The minimum atomic E-state index is -4.66. The van der Waals surface area contributed by atoms with Crippen LogP contribution >= 0.6 is 0 Å². The van der Waals surface area contributed by atoms with Crippen LogP contribution < -0.4 is 5.56 Å². The normalized spacial score (nSPS) is 27.2. The van der Waals surface area contributed by atoms with E-state index in [0.29, 0.717) is 0 Å².